The molecule has 19 heavy (non-hydrogen) atoms. The Balaban J connectivity index is 2.50. The predicted molar refractivity (Wildman–Crippen MR) is 78.9 cm³/mol. The van der Waals surface area contributed by atoms with Crippen molar-refractivity contribution >= 4 is 27.0 Å². The van der Waals surface area contributed by atoms with Crippen LogP contribution in [0.1, 0.15) is 11.5 Å². The van der Waals surface area contributed by atoms with Gasteiger partial charge in [0.2, 0.25) is 0 Å². The van der Waals surface area contributed by atoms with Gasteiger partial charge in [-0.2, -0.15) is 0 Å². The van der Waals surface area contributed by atoms with Crippen molar-refractivity contribution in [1.82, 2.24) is 0 Å². The van der Waals surface area contributed by atoms with Crippen LogP contribution in [-0.2, 0) is 14.6 Å². The molecule has 0 spiro atoms. The van der Waals surface area contributed by atoms with E-state index in [1.54, 1.807) is 0 Å². The molecule has 4 nitrogen and oxygen atoms in total. The minimum Gasteiger partial charge on any atom is -0.393 e. The molecular formula is C13H17NO3S2. The van der Waals surface area contributed by atoms with Gasteiger partial charge in [0.05, 0.1) is 22.3 Å². The van der Waals surface area contributed by atoms with E-state index in [4.69, 9.17) is 22.7 Å². The van der Waals surface area contributed by atoms with Crippen LogP contribution in [0.5, 0.6) is 0 Å². The lowest BCUT2D eigenvalue weighted by Gasteiger charge is -2.15. The maximum Gasteiger partial charge on any atom is 0.152 e. The minimum absolute atomic E-state index is 0.207. The normalized spacial score (nSPS) is 30.0. The second-order valence-electron chi connectivity index (χ2n) is 4.98. The van der Waals surface area contributed by atoms with E-state index in [2.05, 4.69) is 0 Å². The molecule has 0 unspecified atom stereocenters. The molecule has 6 heteroatoms. The Labute approximate surface area is 118 Å². The topological polar surface area (TPSA) is 69.4 Å². The lowest BCUT2D eigenvalue weighted by molar-refractivity contribution is 0.166. The van der Waals surface area contributed by atoms with Gasteiger partial charge in [-0.1, -0.05) is 42.5 Å². The molecule has 0 bridgehead atoms. The van der Waals surface area contributed by atoms with Crippen molar-refractivity contribution in [3.63, 3.8) is 0 Å². The van der Waals surface area contributed by atoms with E-state index in [1.807, 2.05) is 30.3 Å². The fourth-order valence-corrected chi connectivity index (χ4v) is 5.25. The number of ether oxygens (including phenoxy) is 1. The first-order valence-corrected chi connectivity index (χ1v) is 8.24. The van der Waals surface area contributed by atoms with Gasteiger partial charge in [-0.05, 0) is 5.56 Å². The second kappa shape index (κ2) is 4.85. The zero-order valence-corrected chi connectivity index (χ0v) is 12.5. The quantitative estimate of drug-likeness (QED) is 0.825. The minimum atomic E-state index is -3.25. The van der Waals surface area contributed by atoms with Crippen LogP contribution in [-0.4, -0.2) is 38.6 Å². The van der Waals surface area contributed by atoms with Gasteiger partial charge < -0.3 is 10.5 Å². The number of hydrogen-bond acceptors (Lipinski definition) is 4. The Kier molecular flexibility index (Phi) is 3.68. The van der Waals surface area contributed by atoms with Gasteiger partial charge in [-0.25, -0.2) is 8.42 Å². The van der Waals surface area contributed by atoms with Crippen molar-refractivity contribution < 1.29 is 13.2 Å². The summed E-state index contributed by atoms with van der Waals surface area (Å²) < 4.78 is 29.2. The Bertz CT molecular complexity index is 585. The van der Waals surface area contributed by atoms with Gasteiger partial charge in [-0.3, -0.25) is 0 Å². The standard InChI is InChI=1S/C13H17NO3S2/c1-17-8-13(12(14)18)10(11(13)19(2,15)16)9-6-4-3-5-7-9/h3-7,10-11H,8H2,1-2H3,(H2,14,18)/t10-,11+,13-/m1/s1. The van der Waals surface area contributed by atoms with E-state index in [-0.39, 0.29) is 17.5 Å². The summed E-state index contributed by atoms with van der Waals surface area (Å²) in [7, 11) is -1.72. The highest BCUT2D eigenvalue weighted by Crippen LogP contribution is 2.63. The Hall–Kier alpha value is -0.980. The zero-order valence-electron chi connectivity index (χ0n) is 10.9. The van der Waals surface area contributed by atoms with Crippen molar-refractivity contribution in [1.29, 1.82) is 0 Å². The second-order valence-corrected chi connectivity index (χ2v) is 7.58. The SMILES string of the molecule is COC[C@@]1(C(N)=S)[C@H](c2ccccc2)[C@@H]1S(C)(=O)=O. The monoisotopic (exact) mass is 299 g/mol. The van der Waals surface area contributed by atoms with Crippen LogP contribution < -0.4 is 5.73 Å². The van der Waals surface area contributed by atoms with Crippen LogP contribution in [0, 0.1) is 5.41 Å². The molecule has 1 fully saturated rings. The van der Waals surface area contributed by atoms with E-state index in [9.17, 15) is 8.42 Å². The van der Waals surface area contributed by atoms with Crippen molar-refractivity contribution in [3.05, 3.63) is 35.9 Å². The maximum atomic E-state index is 12.0. The third-order valence-electron chi connectivity index (χ3n) is 3.72. The molecule has 104 valence electrons. The molecule has 1 saturated carbocycles. The van der Waals surface area contributed by atoms with Crippen LogP contribution >= 0.6 is 12.2 Å². The van der Waals surface area contributed by atoms with Crippen molar-refractivity contribution in [2.75, 3.05) is 20.0 Å². The van der Waals surface area contributed by atoms with E-state index in [0.717, 1.165) is 5.56 Å². The number of rotatable bonds is 5. The molecule has 1 aliphatic carbocycles. The Morgan fingerprint density at radius 2 is 2.00 bits per heavy atom. The summed E-state index contributed by atoms with van der Waals surface area (Å²) in [6, 6.07) is 9.45. The van der Waals surface area contributed by atoms with Crippen molar-refractivity contribution in [2.45, 2.75) is 11.2 Å². The summed E-state index contributed by atoms with van der Waals surface area (Å²) in [4.78, 5) is 0.207. The van der Waals surface area contributed by atoms with Crippen LogP contribution in [0.15, 0.2) is 30.3 Å². The number of sulfone groups is 1. The van der Waals surface area contributed by atoms with E-state index in [1.165, 1.54) is 13.4 Å². The maximum absolute atomic E-state index is 12.0. The first-order valence-electron chi connectivity index (χ1n) is 5.88. The van der Waals surface area contributed by atoms with Crippen LogP contribution in [0.3, 0.4) is 0 Å². The zero-order chi connectivity index (χ0) is 14.3. The summed E-state index contributed by atoms with van der Waals surface area (Å²) in [5.74, 6) is -0.221. The Morgan fingerprint density at radius 3 is 2.42 bits per heavy atom. The number of benzene rings is 1. The largest absolute Gasteiger partial charge is 0.393 e. The van der Waals surface area contributed by atoms with E-state index < -0.39 is 20.5 Å². The first-order chi connectivity index (χ1) is 8.85. The summed E-state index contributed by atoms with van der Waals surface area (Å²) >= 11 is 5.12. The molecule has 2 N–H and O–H groups in total. The molecule has 0 aromatic heterocycles. The fourth-order valence-electron chi connectivity index (χ4n) is 2.94. The predicted octanol–water partition coefficient (Wildman–Crippen LogP) is 1.12. The highest BCUT2D eigenvalue weighted by molar-refractivity contribution is 7.92. The molecule has 2 rings (SSSR count). The van der Waals surface area contributed by atoms with Crippen LogP contribution in [0.2, 0.25) is 0 Å². The van der Waals surface area contributed by atoms with Gasteiger partial charge in [-0.15, -0.1) is 0 Å². The molecule has 1 aromatic carbocycles. The van der Waals surface area contributed by atoms with Gasteiger partial charge in [0.15, 0.2) is 9.84 Å². The van der Waals surface area contributed by atoms with E-state index >= 15 is 0 Å². The summed E-state index contributed by atoms with van der Waals surface area (Å²) in [6.07, 6.45) is 1.23. The van der Waals surface area contributed by atoms with E-state index in [0.29, 0.717) is 0 Å². The third kappa shape index (κ3) is 2.28. The first kappa shape index (κ1) is 14.4. The highest BCUT2D eigenvalue weighted by Gasteiger charge is 2.71. The van der Waals surface area contributed by atoms with Crippen LogP contribution in [0.25, 0.3) is 0 Å². The molecule has 0 amide bonds. The third-order valence-corrected chi connectivity index (χ3v) is 5.71. The number of hydrogen-bond donors (Lipinski definition) is 1. The molecule has 0 heterocycles. The average Bonchev–Trinajstić information content (AvgIpc) is 3.01. The smallest absolute Gasteiger partial charge is 0.152 e. The fraction of sp³-hybridized carbons (Fsp3) is 0.462. The molecular weight excluding hydrogens is 282 g/mol. The number of methoxy groups -OCH3 is 1. The molecule has 0 aliphatic heterocycles. The van der Waals surface area contributed by atoms with Gasteiger partial charge >= 0.3 is 0 Å². The molecule has 0 radical (unpaired) electrons. The lowest BCUT2D eigenvalue weighted by Crippen LogP contribution is -2.32. The van der Waals surface area contributed by atoms with Gasteiger partial charge in [0, 0.05) is 19.3 Å². The summed E-state index contributed by atoms with van der Waals surface area (Å²) in [6.45, 7) is 0.222. The van der Waals surface area contributed by atoms with Crippen molar-refractivity contribution in [2.24, 2.45) is 11.1 Å². The molecule has 0 saturated heterocycles. The van der Waals surface area contributed by atoms with Gasteiger partial charge in [0.25, 0.3) is 0 Å². The number of nitrogens with two attached hydrogens (primary N) is 1. The molecule has 1 aliphatic rings. The van der Waals surface area contributed by atoms with Gasteiger partial charge in [0.1, 0.15) is 0 Å². The van der Waals surface area contributed by atoms with Crippen molar-refractivity contribution in [3.8, 4) is 0 Å². The van der Waals surface area contributed by atoms with Crippen LogP contribution in [0.4, 0.5) is 0 Å². The number of thiocarbonyl (C=S) groups is 1. The average molecular weight is 299 g/mol. The summed E-state index contributed by atoms with van der Waals surface area (Å²) in [5, 5.41) is -0.597. The highest BCUT2D eigenvalue weighted by atomic mass is 32.2. The molecule has 1 aromatic rings. The summed E-state index contributed by atoms with van der Waals surface area (Å²) in [5.41, 5.74) is 5.97. The Morgan fingerprint density at radius 1 is 1.42 bits per heavy atom. The molecule has 3 atom stereocenters. The lowest BCUT2D eigenvalue weighted by atomic mass is 10.00.